The van der Waals surface area contributed by atoms with Gasteiger partial charge >= 0.3 is 0 Å². The summed E-state index contributed by atoms with van der Waals surface area (Å²) >= 11 is 6.26. The number of nitrogens with zero attached hydrogens (tertiary/aromatic N) is 5. The molecule has 6 nitrogen and oxygen atoms in total. The normalized spacial score (nSPS) is 21.6. The number of hydrogen-bond donors (Lipinski definition) is 0. The first kappa shape index (κ1) is 19.5. The van der Waals surface area contributed by atoms with Crippen LogP contribution >= 0.6 is 11.6 Å². The molecule has 0 bridgehead atoms. The Kier molecular flexibility index (Phi) is 5.16. The SMILES string of the molecule is CN1Cc2cc(Cl)ccc2-n2c(nnc2[C@H]2CC[C@H](Oc3ncccc3F)CC2)C1. The highest BCUT2D eigenvalue weighted by Gasteiger charge is 2.31. The average molecular weight is 428 g/mol. The van der Waals surface area contributed by atoms with Crippen molar-refractivity contribution in [2.45, 2.75) is 50.8 Å². The van der Waals surface area contributed by atoms with E-state index in [4.69, 9.17) is 16.3 Å². The lowest BCUT2D eigenvalue weighted by Crippen LogP contribution is -2.25. The Morgan fingerprint density at radius 1 is 1.10 bits per heavy atom. The maximum atomic E-state index is 13.8. The maximum absolute atomic E-state index is 13.8. The number of aromatic nitrogens is 4. The summed E-state index contributed by atoms with van der Waals surface area (Å²) in [7, 11) is 2.08. The quantitative estimate of drug-likeness (QED) is 0.615. The summed E-state index contributed by atoms with van der Waals surface area (Å²) in [5.41, 5.74) is 2.28. The second kappa shape index (κ2) is 7.96. The molecule has 1 aliphatic heterocycles. The fraction of sp³-hybridized carbons (Fsp3) is 0.409. The first-order chi connectivity index (χ1) is 14.6. The van der Waals surface area contributed by atoms with Crippen molar-refractivity contribution in [1.29, 1.82) is 0 Å². The molecule has 1 aromatic carbocycles. The van der Waals surface area contributed by atoms with E-state index in [1.54, 1.807) is 12.3 Å². The number of benzene rings is 1. The predicted octanol–water partition coefficient (Wildman–Crippen LogP) is 4.51. The first-order valence-electron chi connectivity index (χ1n) is 10.3. The van der Waals surface area contributed by atoms with Crippen molar-refractivity contribution in [3.05, 3.63) is 64.6 Å². The number of hydrogen-bond acceptors (Lipinski definition) is 5. The van der Waals surface area contributed by atoms with Crippen molar-refractivity contribution in [3.63, 3.8) is 0 Å². The van der Waals surface area contributed by atoms with Crippen LogP contribution < -0.4 is 4.74 Å². The summed E-state index contributed by atoms with van der Waals surface area (Å²) in [5.74, 6) is 1.90. The van der Waals surface area contributed by atoms with Crippen LogP contribution in [-0.2, 0) is 13.1 Å². The van der Waals surface area contributed by atoms with Gasteiger partial charge in [0.25, 0.3) is 5.88 Å². The van der Waals surface area contributed by atoms with E-state index >= 15 is 0 Å². The van der Waals surface area contributed by atoms with Gasteiger partial charge in [0, 0.05) is 23.7 Å². The smallest absolute Gasteiger partial charge is 0.250 e. The molecule has 5 rings (SSSR count). The molecule has 8 heteroatoms. The molecule has 0 saturated heterocycles. The number of halogens is 2. The van der Waals surface area contributed by atoms with Crippen LogP contribution in [-0.4, -0.2) is 37.8 Å². The van der Waals surface area contributed by atoms with Crippen LogP contribution in [0.25, 0.3) is 5.69 Å². The maximum Gasteiger partial charge on any atom is 0.250 e. The van der Waals surface area contributed by atoms with Crippen molar-refractivity contribution in [3.8, 4) is 11.6 Å². The highest BCUT2D eigenvalue weighted by atomic mass is 35.5. The fourth-order valence-electron chi connectivity index (χ4n) is 4.50. The van der Waals surface area contributed by atoms with E-state index in [9.17, 15) is 4.39 Å². The van der Waals surface area contributed by atoms with Crippen LogP contribution in [0.1, 0.15) is 48.8 Å². The fourth-order valence-corrected chi connectivity index (χ4v) is 4.70. The lowest BCUT2D eigenvalue weighted by Gasteiger charge is -2.28. The van der Waals surface area contributed by atoms with Gasteiger partial charge in [0.05, 0.1) is 12.2 Å². The molecule has 1 fully saturated rings. The molecule has 0 amide bonds. The van der Waals surface area contributed by atoms with Gasteiger partial charge in [-0.1, -0.05) is 11.6 Å². The third-order valence-corrected chi connectivity index (χ3v) is 6.17. The second-order valence-electron chi connectivity index (χ2n) is 8.14. The number of ether oxygens (including phenoxy) is 1. The third-order valence-electron chi connectivity index (χ3n) is 5.93. The van der Waals surface area contributed by atoms with Gasteiger partial charge in [-0.15, -0.1) is 10.2 Å². The van der Waals surface area contributed by atoms with E-state index in [0.717, 1.165) is 61.1 Å². The van der Waals surface area contributed by atoms with E-state index in [2.05, 4.69) is 37.8 Å². The van der Waals surface area contributed by atoms with E-state index in [1.165, 1.54) is 11.6 Å². The van der Waals surface area contributed by atoms with Gasteiger partial charge in [-0.2, -0.15) is 0 Å². The Bertz CT molecular complexity index is 1060. The van der Waals surface area contributed by atoms with Crippen molar-refractivity contribution < 1.29 is 9.13 Å². The largest absolute Gasteiger partial charge is 0.472 e. The molecule has 156 valence electrons. The van der Waals surface area contributed by atoms with Gasteiger partial charge in [-0.05, 0) is 68.6 Å². The molecule has 3 aromatic rings. The highest BCUT2D eigenvalue weighted by Crippen LogP contribution is 2.37. The predicted molar refractivity (Wildman–Crippen MR) is 111 cm³/mol. The van der Waals surface area contributed by atoms with Gasteiger partial charge in [-0.3, -0.25) is 9.47 Å². The van der Waals surface area contributed by atoms with Crippen molar-refractivity contribution >= 4 is 11.6 Å². The minimum absolute atomic E-state index is 0.0330. The van der Waals surface area contributed by atoms with Crippen molar-refractivity contribution in [1.82, 2.24) is 24.6 Å². The second-order valence-corrected chi connectivity index (χ2v) is 8.57. The van der Waals surface area contributed by atoms with Gasteiger partial charge in [-0.25, -0.2) is 9.37 Å². The highest BCUT2D eigenvalue weighted by molar-refractivity contribution is 6.30. The molecule has 3 heterocycles. The van der Waals surface area contributed by atoms with Crippen LogP contribution in [0.15, 0.2) is 36.5 Å². The van der Waals surface area contributed by atoms with Crippen LogP contribution in [0.4, 0.5) is 4.39 Å². The van der Waals surface area contributed by atoms with Crippen molar-refractivity contribution in [2.24, 2.45) is 0 Å². The zero-order valence-electron chi connectivity index (χ0n) is 16.8. The van der Waals surface area contributed by atoms with Crippen LogP contribution in [0.3, 0.4) is 0 Å². The van der Waals surface area contributed by atoms with E-state index in [0.29, 0.717) is 0 Å². The van der Waals surface area contributed by atoms with Gasteiger partial charge in [0.15, 0.2) is 11.6 Å². The monoisotopic (exact) mass is 427 g/mol. The molecule has 1 saturated carbocycles. The molecule has 1 aliphatic carbocycles. The number of fused-ring (bicyclic) bond motifs is 3. The molecule has 30 heavy (non-hydrogen) atoms. The Hall–Kier alpha value is -2.51. The molecule has 2 aromatic heterocycles. The van der Waals surface area contributed by atoms with E-state index in [1.807, 2.05) is 12.1 Å². The molecular formula is C22H23ClFN5O. The Morgan fingerprint density at radius 2 is 1.93 bits per heavy atom. The van der Waals surface area contributed by atoms with Crippen LogP contribution in [0, 0.1) is 5.82 Å². The Balaban J connectivity index is 1.38. The number of pyridine rings is 1. The van der Waals surface area contributed by atoms with Gasteiger partial charge in [0.2, 0.25) is 0 Å². The Morgan fingerprint density at radius 3 is 2.73 bits per heavy atom. The lowest BCUT2D eigenvalue weighted by molar-refractivity contribution is 0.132. The summed E-state index contributed by atoms with van der Waals surface area (Å²) in [6.45, 7) is 1.55. The summed E-state index contributed by atoms with van der Waals surface area (Å²) in [4.78, 5) is 6.23. The molecule has 2 aliphatic rings. The third kappa shape index (κ3) is 3.68. The molecule has 0 spiro atoms. The van der Waals surface area contributed by atoms with E-state index in [-0.39, 0.29) is 17.9 Å². The minimum atomic E-state index is -0.415. The minimum Gasteiger partial charge on any atom is -0.472 e. The average Bonchev–Trinajstić information content (AvgIpc) is 3.07. The van der Waals surface area contributed by atoms with E-state index < -0.39 is 5.82 Å². The molecule has 0 atom stereocenters. The summed E-state index contributed by atoms with van der Waals surface area (Å²) in [5, 5.41) is 9.83. The topological polar surface area (TPSA) is 56.1 Å². The molecule has 0 unspecified atom stereocenters. The van der Waals surface area contributed by atoms with Crippen molar-refractivity contribution in [2.75, 3.05) is 7.05 Å². The summed E-state index contributed by atoms with van der Waals surface area (Å²) < 4.78 is 21.9. The Labute approximate surface area is 179 Å². The number of rotatable bonds is 3. The van der Waals surface area contributed by atoms with Crippen LogP contribution in [0.2, 0.25) is 5.02 Å². The summed E-state index contributed by atoms with van der Waals surface area (Å²) in [6.07, 6.45) is 5.00. The summed E-state index contributed by atoms with van der Waals surface area (Å²) in [6, 6.07) is 8.95. The van der Waals surface area contributed by atoms with Gasteiger partial charge < -0.3 is 4.74 Å². The lowest BCUT2D eigenvalue weighted by atomic mass is 9.86. The van der Waals surface area contributed by atoms with Gasteiger partial charge in [0.1, 0.15) is 11.9 Å². The molecule has 0 radical (unpaired) electrons. The van der Waals surface area contributed by atoms with Crippen LogP contribution in [0.5, 0.6) is 5.88 Å². The molecular weight excluding hydrogens is 405 g/mol. The zero-order valence-corrected chi connectivity index (χ0v) is 17.5. The molecule has 0 N–H and O–H groups in total. The zero-order chi connectivity index (χ0) is 20.7. The standard InChI is InChI=1S/C22H23ClFN5O/c1-28-12-15-11-16(23)6-9-19(15)29-20(13-28)26-27-21(29)14-4-7-17(8-5-14)30-22-18(24)3-2-10-25-22/h2-3,6,9-11,14,17H,4-5,7-8,12-13H2,1H3/t14-,17-. The first-order valence-corrected chi connectivity index (χ1v) is 10.6.